The molecule has 0 aromatic carbocycles. The summed E-state index contributed by atoms with van der Waals surface area (Å²) in [7, 11) is 2.11. The van der Waals surface area contributed by atoms with E-state index in [0.717, 1.165) is 45.2 Å². The van der Waals surface area contributed by atoms with Crippen molar-refractivity contribution in [3.05, 3.63) is 0 Å². The van der Waals surface area contributed by atoms with Gasteiger partial charge in [0, 0.05) is 13.0 Å². The van der Waals surface area contributed by atoms with Gasteiger partial charge in [0.05, 0.1) is 0 Å². The van der Waals surface area contributed by atoms with E-state index in [0.29, 0.717) is 6.42 Å². The van der Waals surface area contributed by atoms with Gasteiger partial charge in [-0.05, 0) is 45.8 Å². The average Bonchev–Trinajstić information content (AvgIpc) is 2.28. The highest BCUT2D eigenvalue weighted by atomic mass is 16.4. The summed E-state index contributed by atoms with van der Waals surface area (Å²) in [5, 5.41) is 17.1. The van der Waals surface area contributed by atoms with Crippen LogP contribution in [0.15, 0.2) is 0 Å². The molecule has 0 aliphatic rings. The number of carboxylic acids is 1. The molecule has 0 aromatic rings. The van der Waals surface area contributed by atoms with Crippen molar-refractivity contribution in [1.82, 2.24) is 4.90 Å². The minimum absolute atomic E-state index is 0.289. The largest absolute Gasteiger partial charge is 0.481 e. The third-order valence-electron chi connectivity index (χ3n) is 2.88. The van der Waals surface area contributed by atoms with Gasteiger partial charge in [-0.15, -0.1) is 0 Å². The number of hydrogen-bond donors (Lipinski definition) is 2. The highest BCUT2D eigenvalue weighted by molar-refractivity contribution is 5.66. The van der Waals surface area contributed by atoms with Crippen LogP contribution in [0, 0.1) is 0 Å². The van der Waals surface area contributed by atoms with E-state index in [1.54, 1.807) is 0 Å². The van der Waals surface area contributed by atoms with Gasteiger partial charge in [0.1, 0.15) is 0 Å². The summed E-state index contributed by atoms with van der Waals surface area (Å²) >= 11 is 0. The molecule has 0 amide bonds. The Morgan fingerprint density at radius 2 is 1.47 bits per heavy atom. The summed E-state index contributed by atoms with van der Waals surface area (Å²) in [5.41, 5.74) is 0. The maximum Gasteiger partial charge on any atom is 0.303 e. The van der Waals surface area contributed by atoms with Crippen LogP contribution in [0.5, 0.6) is 0 Å². The minimum atomic E-state index is -0.686. The van der Waals surface area contributed by atoms with Gasteiger partial charge in [-0.1, -0.05) is 19.3 Å². The van der Waals surface area contributed by atoms with Gasteiger partial charge in [-0.2, -0.15) is 0 Å². The lowest BCUT2D eigenvalue weighted by Crippen LogP contribution is -2.21. The van der Waals surface area contributed by atoms with Crippen molar-refractivity contribution < 1.29 is 15.0 Å². The molecular weight excluding hydrogens is 218 g/mol. The summed E-state index contributed by atoms with van der Waals surface area (Å²) in [6, 6.07) is 0. The molecule has 0 fully saturated rings. The minimum Gasteiger partial charge on any atom is -0.481 e. The van der Waals surface area contributed by atoms with Gasteiger partial charge in [0.15, 0.2) is 0 Å². The topological polar surface area (TPSA) is 60.8 Å². The zero-order chi connectivity index (χ0) is 12.9. The lowest BCUT2D eigenvalue weighted by Gasteiger charge is -2.15. The van der Waals surface area contributed by atoms with Crippen molar-refractivity contribution in [3.8, 4) is 0 Å². The molecule has 102 valence electrons. The predicted octanol–water partition coefficient (Wildman–Crippen LogP) is 2.12. The highest BCUT2D eigenvalue weighted by Gasteiger charge is 1.99. The van der Waals surface area contributed by atoms with Crippen LogP contribution < -0.4 is 0 Å². The van der Waals surface area contributed by atoms with E-state index in [1.165, 1.54) is 12.8 Å². The smallest absolute Gasteiger partial charge is 0.303 e. The Kier molecular flexibility index (Phi) is 11.4. The maximum absolute atomic E-state index is 10.3. The fraction of sp³-hybridized carbons (Fsp3) is 0.923. The molecule has 17 heavy (non-hydrogen) atoms. The lowest BCUT2D eigenvalue weighted by atomic mass is 10.1. The summed E-state index contributed by atoms with van der Waals surface area (Å²) in [4.78, 5) is 12.6. The summed E-state index contributed by atoms with van der Waals surface area (Å²) in [6.07, 6.45) is 7.60. The van der Waals surface area contributed by atoms with Crippen LogP contribution >= 0.6 is 0 Å². The van der Waals surface area contributed by atoms with Gasteiger partial charge in [-0.3, -0.25) is 4.79 Å². The van der Waals surface area contributed by atoms with Crippen molar-refractivity contribution in [2.24, 2.45) is 0 Å². The Balaban J connectivity index is 3.13. The Morgan fingerprint density at radius 1 is 0.941 bits per heavy atom. The third kappa shape index (κ3) is 13.3. The molecule has 0 aliphatic carbocycles. The van der Waals surface area contributed by atoms with Crippen LogP contribution in [0.25, 0.3) is 0 Å². The molecule has 0 radical (unpaired) electrons. The number of aliphatic hydroxyl groups excluding tert-OH is 1. The fourth-order valence-electron chi connectivity index (χ4n) is 1.79. The molecule has 0 saturated heterocycles. The van der Waals surface area contributed by atoms with Gasteiger partial charge < -0.3 is 15.1 Å². The van der Waals surface area contributed by atoms with E-state index in [2.05, 4.69) is 11.9 Å². The van der Waals surface area contributed by atoms with E-state index < -0.39 is 5.97 Å². The molecule has 0 saturated carbocycles. The number of rotatable bonds is 12. The molecule has 4 heteroatoms. The Morgan fingerprint density at radius 3 is 2.06 bits per heavy atom. The Bertz CT molecular complexity index is 186. The van der Waals surface area contributed by atoms with Crippen LogP contribution in [0.2, 0.25) is 0 Å². The van der Waals surface area contributed by atoms with Crippen LogP contribution in [-0.2, 0) is 4.79 Å². The number of aliphatic carboxylic acids is 1. The van der Waals surface area contributed by atoms with Crippen LogP contribution in [0.4, 0.5) is 0 Å². The first kappa shape index (κ1) is 16.4. The SMILES string of the molecule is CN(CCCCO)CCCCCCCC(=O)O. The second kappa shape index (κ2) is 11.9. The monoisotopic (exact) mass is 245 g/mol. The van der Waals surface area contributed by atoms with Crippen LogP contribution in [-0.4, -0.2) is 47.8 Å². The number of aliphatic hydroxyl groups is 1. The molecular formula is C13H27NO3. The van der Waals surface area contributed by atoms with E-state index in [1.807, 2.05) is 0 Å². The quantitative estimate of drug-likeness (QED) is 0.517. The zero-order valence-corrected chi connectivity index (χ0v) is 11.0. The van der Waals surface area contributed by atoms with Crippen molar-refractivity contribution in [2.75, 3.05) is 26.7 Å². The number of hydrogen-bond acceptors (Lipinski definition) is 3. The molecule has 0 rings (SSSR count). The molecule has 0 atom stereocenters. The molecule has 2 N–H and O–H groups in total. The van der Waals surface area contributed by atoms with Gasteiger partial charge in [-0.25, -0.2) is 0 Å². The van der Waals surface area contributed by atoms with Crippen LogP contribution in [0.1, 0.15) is 51.4 Å². The molecule has 4 nitrogen and oxygen atoms in total. The highest BCUT2D eigenvalue weighted by Crippen LogP contribution is 2.06. The first-order chi connectivity index (χ1) is 8.16. The van der Waals surface area contributed by atoms with Crippen molar-refractivity contribution in [3.63, 3.8) is 0 Å². The molecule has 0 spiro atoms. The van der Waals surface area contributed by atoms with Gasteiger partial charge in [0.2, 0.25) is 0 Å². The number of carbonyl (C=O) groups is 1. The first-order valence-corrected chi connectivity index (χ1v) is 6.68. The van der Waals surface area contributed by atoms with Gasteiger partial charge in [0.25, 0.3) is 0 Å². The normalized spacial score (nSPS) is 11.0. The van der Waals surface area contributed by atoms with E-state index in [-0.39, 0.29) is 6.61 Å². The molecule has 0 aromatic heterocycles. The fourth-order valence-corrected chi connectivity index (χ4v) is 1.79. The molecule has 0 aliphatic heterocycles. The standard InChI is InChI=1S/C13H27NO3/c1-14(11-7-8-12-15)10-6-4-2-3-5-9-13(16)17/h15H,2-12H2,1H3,(H,16,17). The van der Waals surface area contributed by atoms with Crippen LogP contribution in [0.3, 0.4) is 0 Å². The predicted molar refractivity (Wildman–Crippen MR) is 69.2 cm³/mol. The molecule has 0 bridgehead atoms. The second-order valence-corrected chi connectivity index (χ2v) is 4.65. The lowest BCUT2D eigenvalue weighted by molar-refractivity contribution is -0.137. The van der Waals surface area contributed by atoms with Crippen molar-refractivity contribution in [2.45, 2.75) is 51.4 Å². The Labute approximate surface area is 105 Å². The van der Waals surface area contributed by atoms with Gasteiger partial charge >= 0.3 is 5.97 Å². The third-order valence-corrected chi connectivity index (χ3v) is 2.88. The number of carboxylic acid groups (broad SMARTS) is 1. The average molecular weight is 245 g/mol. The van der Waals surface area contributed by atoms with Crippen molar-refractivity contribution >= 4 is 5.97 Å². The van der Waals surface area contributed by atoms with E-state index >= 15 is 0 Å². The zero-order valence-electron chi connectivity index (χ0n) is 11.0. The first-order valence-electron chi connectivity index (χ1n) is 6.68. The number of nitrogens with zero attached hydrogens (tertiary/aromatic N) is 1. The number of unbranched alkanes of at least 4 members (excludes halogenated alkanes) is 5. The molecule has 0 unspecified atom stereocenters. The van der Waals surface area contributed by atoms with Crippen molar-refractivity contribution in [1.29, 1.82) is 0 Å². The second-order valence-electron chi connectivity index (χ2n) is 4.65. The Hall–Kier alpha value is -0.610. The van der Waals surface area contributed by atoms with E-state index in [9.17, 15) is 4.79 Å². The molecule has 0 heterocycles. The summed E-state index contributed by atoms with van der Waals surface area (Å²) in [5.74, 6) is -0.686. The maximum atomic E-state index is 10.3. The summed E-state index contributed by atoms with van der Waals surface area (Å²) in [6.45, 7) is 2.45. The van der Waals surface area contributed by atoms with E-state index in [4.69, 9.17) is 10.2 Å². The summed E-state index contributed by atoms with van der Waals surface area (Å²) < 4.78 is 0.